The van der Waals surface area contributed by atoms with Crippen molar-refractivity contribution in [1.82, 2.24) is 15.3 Å². The van der Waals surface area contributed by atoms with Crippen LogP contribution in [0.2, 0.25) is 0 Å². The van der Waals surface area contributed by atoms with Gasteiger partial charge in [-0.1, -0.05) is 0 Å². The minimum atomic E-state index is -0.0862. The molecule has 1 spiro atoms. The molecule has 1 aromatic rings. The first-order chi connectivity index (χ1) is 12.6. The molecule has 1 aromatic heterocycles. The Morgan fingerprint density at radius 2 is 2.42 bits per heavy atom. The molecule has 4 rings (SSSR count). The fourth-order valence-corrected chi connectivity index (χ4v) is 5.17. The van der Waals surface area contributed by atoms with Crippen molar-refractivity contribution in [2.24, 2.45) is 11.8 Å². The molecule has 142 valence electrons. The summed E-state index contributed by atoms with van der Waals surface area (Å²) in [5.41, 5.74) is -0.0862. The molecular formula is C18H27N5O2S. The molecule has 8 heteroatoms. The minimum Gasteiger partial charge on any atom is -0.370 e. The number of aromatic nitrogens is 2. The fraction of sp³-hybridized carbons (Fsp3) is 0.722. The lowest BCUT2D eigenvalue weighted by molar-refractivity contribution is -0.118. The van der Waals surface area contributed by atoms with Gasteiger partial charge in [-0.15, -0.1) is 0 Å². The van der Waals surface area contributed by atoms with Crippen LogP contribution in [0.25, 0.3) is 0 Å². The Hall–Kier alpha value is -1.54. The Morgan fingerprint density at radius 1 is 1.54 bits per heavy atom. The Morgan fingerprint density at radius 3 is 3.23 bits per heavy atom. The number of nitrogens with zero attached hydrogens (tertiary/aromatic N) is 3. The molecule has 0 radical (unpaired) electrons. The van der Waals surface area contributed by atoms with Crippen molar-refractivity contribution >= 4 is 29.4 Å². The maximum atomic E-state index is 11.9. The predicted octanol–water partition coefficient (Wildman–Crippen LogP) is 1.37. The van der Waals surface area contributed by atoms with Crippen LogP contribution < -0.4 is 15.5 Å². The number of amides is 1. The molecular weight excluding hydrogens is 350 g/mol. The second kappa shape index (κ2) is 7.23. The summed E-state index contributed by atoms with van der Waals surface area (Å²) in [6.45, 7) is 5.35. The van der Waals surface area contributed by atoms with Crippen molar-refractivity contribution < 1.29 is 9.53 Å². The van der Waals surface area contributed by atoms with Crippen LogP contribution in [0.15, 0.2) is 12.3 Å². The molecule has 4 heterocycles. The number of hydrogen-bond acceptors (Lipinski definition) is 7. The van der Waals surface area contributed by atoms with E-state index in [2.05, 4.69) is 32.4 Å². The van der Waals surface area contributed by atoms with Crippen LogP contribution in [0.1, 0.15) is 19.8 Å². The summed E-state index contributed by atoms with van der Waals surface area (Å²) in [5, 5.41) is 6.35. The van der Waals surface area contributed by atoms with Gasteiger partial charge in [-0.05, 0) is 32.1 Å². The summed E-state index contributed by atoms with van der Waals surface area (Å²) < 4.78 is 6.45. The fourth-order valence-electron chi connectivity index (χ4n) is 4.81. The maximum Gasteiger partial charge on any atom is 0.229 e. The van der Waals surface area contributed by atoms with Crippen molar-refractivity contribution in [3.63, 3.8) is 0 Å². The van der Waals surface area contributed by atoms with E-state index < -0.39 is 0 Å². The molecule has 0 aromatic carbocycles. The smallest absolute Gasteiger partial charge is 0.229 e. The molecule has 2 N–H and O–H groups in total. The lowest BCUT2D eigenvalue weighted by Gasteiger charge is -2.29. The molecule has 3 saturated heterocycles. The zero-order valence-corrected chi connectivity index (χ0v) is 16.2. The predicted molar refractivity (Wildman–Crippen MR) is 104 cm³/mol. The van der Waals surface area contributed by atoms with E-state index in [-0.39, 0.29) is 17.6 Å². The standard InChI is InChI=1S/C18H27N5O2S/c1-3-19-15-5-7-20-17(22-15)23-9-13-12(8-21-16(24)10-26-2)14-4-6-18(13,11-23)25-14/h5,7,12-14H,3-4,6,8-11H2,1-2H3,(H,21,24)(H,19,20,22)/t12-,13+,14+,18+/m0/s1. The van der Waals surface area contributed by atoms with Gasteiger partial charge < -0.3 is 20.3 Å². The van der Waals surface area contributed by atoms with Crippen molar-refractivity contribution in [1.29, 1.82) is 0 Å². The lowest BCUT2D eigenvalue weighted by Crippen LogP contribution is -2.42. The number of carbonyl (C=O) groups is 1. The van der Waals surface area contributed by atoms with Gasteiger partial charge >= 0.3 is 0 Å². The molecule has 0 aliphatic carbocycles. The van der Waals surface area contributed by atoms with E-state index >= 15 is 0 Å². The van der Waals surface area contributed by atoms with Gasteiger partial charge in [-0.2, -0.15) is 16.7 Å². The zero-order chi connectivity index (χ0) is 18.1. The van der Waals surface area contributed by atoms with Crippen LogP contribution in [-0.4, -0.2) is 65.8 Å². The average molecular weight is 378 g/mol. The summed E-state index contributed by atoms with van der Waals surface area (Å²) >= 11 is 1.55. The summed E-state index contributed by atoms with van der Waals surface area (Å²) in [6.07, 6.45) is 6.23. The van der Waals surface area contributed by atoms with Crippen molar-refractivity contribution in [3.8, 4) is 0 Å². The average Bonchev–Trinajstić information content (AvgIpc) is 3.29. The minimum absolute atomic E-state index is 0.0862. The van der Waals surface area contributed by atoms with E-state index in [4.69, 9.17) is 4.74 Å². The third-order valence-corrected chi connectivity index (χ3v) is 6.43. The first-order valence-electron chi connectivity index (χ1n) is 9.40. The van der Waals surface area contributed by atoms with Gasteiger partial charge in [0.1, 0.15) is 5.82 Å². The maximum absolute atomic E-state index is 11.9. The van der Waals surface area contributed by atoms with Gasteiger partial charge in [0.2, 0.25) is 11.9 Å². The molecule has 0 unspecified atom stereocenters. The number of anilines is 2. The third kappa shape index (κ3) is 3.13. The van der Waals surface area contributed by atoms with Crippen molar-refractivity contribution in [3.05, 3.63) is 12.3 Å². The summed E-state index contributed by atoms with van der Waals surface area (Å²) in [6, 6.07) is 1.90. The van der Waals surface area contributed by atoms with Gasteiger partial charge in [-0.25, -0.2) is 4.98 Å². The van der Waals surface area contributed by atoms with Gasteiger partial charge in [0.25, 0.3) is 0 Å². The first kappa shape index (κ1) is 17.9. The normalized spacial score (nSPS) is 31.9. The van der Waals surface area contributed by atoms with Crippen LogP contribution >= 0.6 is 11.8 Å². The highest BCUT2D eigenvalue weighted by Gasteiger charge is 2.63. The van der Waals surface area contributed by atoms with E-state index in [1.807, 2.05) is 18.5 Å². The second-order valence-corrected chi connectivity index (χ2v) is 8.29. The number of nitrogens with one attached hydrogen (secondary N) is 2. The van der Waals surface area contributed by atoms with Crippen LogP contribution in [0.5, 0.6) is 0 Å². The second-order valence-electron chi connectivity index (χ2n) is 7.42. The number of hydrogen-bond donors (Lipinski definition) is 2. The lowest BCUT2D eigenvalue weighted by atomic mass is 9.73. The van der Waals surface area contributed by atoms with Gasteiger partial charge in [0, 0.05) is 37.7 Å². The third-order valence-electron chi connectivity index (χ3n) is 5.88. The molecule has 3 aliphatic heterocycles. The van der Waals surface area contributed by atoms with Gasteiger partial charge in [-0.3, -0.25) is 4.79 Å². The van der Waals surface area contributed by atoms with Crippen LogP contribution in [-0.2, 0) is 9.53 Å². The molecule has 26 heavy (non-hydrogen) atoms. The van der Waals surface area contributed by atoms with Gasteiger partial charge in [0.05, 0.1) is 24.0 Å². The summed E-state index contributed by atoms with van der Waals surface area (Å²) in [4.78, 5) is 23.3. The van der Waals surface area contributed by atoms with E-state index in [0.29, 0.717) is 24.1 Å². The Labute approximate surface area is 158 Å². The highest BCUT2D eigenvalue weighted by molar-refractivity contribution is 7.99. The zero-order valence-electron chi connectivity index (χ0n) is 15.4. The number of carbonyl (C=O) groups excluding carboxylic acids is 1. The SMILES string of the molecule is CCNc1ccnc(N2C[C@@H]3[C@H](CNC(=O)CSC)[C@H]4CC[C@]3(C2)O4)n1. The van der Waals surface area contributed by atoms with Crippen LogP contribution in [0.3, 0.4) is 0 Å². The van der Waals surface area contributed by atoms with E-state index in [1.54, 1.807) is 11.8 Å². The van der Waals surface area contributed by atoms with Crippen LogP contribution in [0.4, 0.5) is 11.8 Å². The molecule has 7 nitrogen and oxygen atoms in total. The summed E-state index contributed by atoms with van der Waals surface area (Å²) in [7, 11) is 0. The highest BCUT2D eigenvalue weighted by Crippen LogP contribution is 2.54. The molecule has 3 fully saturated rings. The quantitative estimate of drug-likeness (QED) is 0.743. The van der Waals surface area contributed by atoms with E-state index in [1.165, 1.54) is 0 Å². The molecule has 2 bridgehead atoms. The number of thioether (sulfide) groups is 1. The topological polar surface area (TPSA) is 79.4 Å². The molecule has 0 saturated carbocycles. The Bertz CT molecular complexity index is 675. The first-order valence-corrected chi connectivity index (χ1v) is 10.8. The molecule has 4 atom stereocenters. The molecule has 1 amide bonds. The van der Waals surface area contributed by atoms with E-state index in [0.717, 1.165) is 44.2 Å². The number of fused-ring (bicyclic) bond motifs is 1. The van der Waals surface area contributed by atoms with Crippen molar-refractivity contribution in [2.75, 3.05) is 48.4 Å². The summed E-state index contributed by atoms with van der Waals surface area (Å²) in [5.74, 6) is 3.08. The number of ether oxygens (including phenoxy) is 1. The Balaban J connectivity index is 1.46. The largest absolute Gasteiger partial charge is 0.370 e. The van der Waals surface area contributed by atoms with Crippen molar-refractivity contribution in [2.45, 2.75) is 31.5 Å². The number of rotatable bonds is 7. The monoisotopic (exact) mass is 377 g/mol. The highest BCUT2D eigenvalue weighted by atomic mass is 32.2. The van der Waals surface area contributed by atoms with E-state index in [9.17, 15) is 4.79 Å². The van der Waals surface area contributed by atoms with Gasteiger partial charge in [0.15, 0.2) is 0 Å². The molecule has 3 aliphatic rings. The van der Waals surface area contributed by atoms with Crippen LogP contribution in [0, 0.1) is 11.8 Å². The Kier molecular flexibility index (Phi) is 4.96.